The molecular weight excluding hydrogens is 446 g/mol. The van der Waals surface area contributed by atoms with E-state index < -0.39 is 23.6 Å². The average molecular weight is 461 g/mol. The van der Waals surface area contributed by atoms with Crippen molar-refractivity contribution in [3.63, 3.8) is 0 Å². The molecule has 4 rings (SSSR count). The number of aromatic nitrogens is 2. The summed E-state index contributed by atoms with van der Waals surface area (Å²) >= 11 is 6.02. The van der Waals surface area contributed by atoms with E-state index in [1.54, 1.807) is 28.0 Å². The van der Waals surface area contributed by atoms with Gasteiger partial charge in [0.25, 0.3) is 0 Å². The number of pyridine rings is 2. The maximum atomic E-state index is 13.3. The number of para-hydroxylation sites is 1. The van der Waals surface area contributed by atoms with E-state index in [0.29, 0.717) is 37.3 Å². The van der Waals surface area contributed by atoms with E-state index in [0.717, 1.165) is 18.3 Å². The lowest BCUT2D eigenvalue weighted by Gasteiger charge is -2.37. The molecule has 1 fully saturated rings. The fourth-order valence-electron chi connectivity index (χ4n) is 3.54. The molecule has 0 atom stereocenters. The molecule has 1 aromatic carbocycles. The molecule has 4 nitrogen and oxygen atoms in total. The van der Waals surface area contributed by atoms with Crippen molar-refractivity contribution in [1.29, 1.82) is 0 Å². The SMILES string of the molecule is FC(F)(F)c1cnc(N2CCN(c3cc(C(F)(F)F)nc4ccccc34)CC2)c(Cl)c1. The first-order valence-corrected chi connectivity index (χ1v) is 9.61. The lowest BCUT2D eigenvalue weighted by molar-refractivity contribution is -0.141. The minimum Gasteiger partial charge on any atom is -0.367 e. The molecule has 2 aromatic heterocycles. The molecule has 3 aromatic rings. The first-order chi connectivity index (χ1) is 14.5. The fraction of sp³-hybridized carbons (Fsp3) is 0.300. The Morgan fingerprint density at radius 2 is 1.48 bits per heavy atom. The van der Waals surface area contributed by atoms with E-state index in [1.807, 2.05) is 0 Å². The van der Waals surface area contributed by atoms with Crippen LogP contribution in [-0.2, 0) is 12.4 Å². The number of fused-ring (bicyclic) bond motifs is 1. The van der Waals surface area contributed by atoms with Gasteiger partial charge in [-0.15, -0.1) is 0 Å². The summed E-state index contributed by atoms with van der Waals surface area (Å²) in [6.45, 7) is 1.33. The largest absolute Gasteiger partial charge is 0.433 e. The molecule has 0 unspecified atom stereocenters. The highest BCUT2D eigenvalue weighted by molar-refractivity contribution is 6.33. The van der Waals surface area contributed by atoms with Crippen LogP contribution in [0.5, 0.6) is 0 Å². The molecule has 0 saturated carbocycles. The van der Waals surface area contributed by atoms with E-state index in [1.165, 1.54) is 6.07 Å². The van der Waals surface area contributed by atoms with E-state index in [-0.39, 0.29) is 16.4 Å². The Labute approximate surface area is 178 Å². The van der Waals surface area contributed by atoms with Crippen LogP contribution in [-0.4, -0.2) is 36.1 Å². The highest BCUT2D eigenvalue weighted by atomic mass is 35.5. The second-order valence-corrected chi connectivity index (χ2v) is 7.45. The molecule has 31 heavy (non-hydrogen) atoms. The smallest absolute Gasteiger partial charge is 0.367 e. The summed E-state index contributed by atoms with van der Waals surface area (Å²) < 4.78 is 78.4. The predicted octanol–water partition coefficient (Wildman–Crippen LogP) is 5.65. The maximum absolute atomic E-state index is 13.3. The highest BCUT2D eigenvalue weighted by Crippen LogP contribution is 2.36. The first-order valence-electron chi connectivity index (χ1n) is 9.23. The second kappa shape index (κ2) is 7.74. The van der Waals surface area contributed by atoms with E-state index in [4.69, 9.17) is 11.6 Å². The van der Waals surface area contributed by atoms with Gasteiger partial charge in [0.05, 0.1) is 16.1 Å². The maximum Gasteiger partial charge on any atom is 0.433 e. The van der Waals surface area contributed by atoms with Crippen LogP contribution in [0.15, 0.2) is 42.6 Å². The van der Waals surface area contributed by atoms with E-state index in [9.17, 15) is 26.3 Å². The van der Waals surface area contributed by atoms with Crippen molar-refractivity contribution < 1.29 is 26.3 Å². The zero-order valence-electron chi connectivity index (χ0n) is 15.8. The molecule has 1 aliphatic heterocycles. The topological polar surface area (TPSA) is 32.3 Å². The van der Waals surface area contributed by atoms with Crippen LogP contribution < -0.4 is 9.80 Å². The third-order valence-electron chi connectivity index (χ3n) is 5.05. The van der Waals surface area contributed by atoms with Gasteiger partial charge in [-0.1, -0.05) is 29.8 Å². The summed E-state index contributed by atoms with van der Waals surface area (Å²) in [7, 11) is 0. The van der Waals surface area contributed by atoms with Gasteiger partial charge in [0.2, 0.25) is 0 Å². The van der Waals surface area contributed by atoms with E-state index >= 15 is 0 Å². The molecule has 0 amide bonds. The van der Waals surface area contributed by atoms with Crippen molar-refractivity contribution in [3.05, 3.63) is 58.9 Å². The normalized spacial score (nSPS) is 15.6. The van der Waals surface area contributed by atoms with Gasteiger partial charge < -0.3 is 9.80 Å². The number of hydrogen-bond donors (Lipinski definition) is 0. The van der Waals surface area contributed by atoms with Crippen molar-refractivity contribution in [2.24, 2.45) is 0 Å². The minimum absolute atomic E-state index is 0.128. The third-order valence-corrected chi connectivity index (χ3v) is 5.33. The standard InChI is InChI=1S/C20H15ClF6N4/c21-14-9-12(19(22,23)24)11-28-18(14)31-7-5-30(6-8-31)16-10-17(20(25,26)27)29-15-4-2-1-3-13(15)16/h1-4,9-11H,5-8H2. The predicted molar refractivity (Wildman–Crippen MR) is 105 cm³/mol. The van der Waals surface area contributed by atoms with Crippen LogP contribution in [0.25, 0.3) is 10.9 Å². The highest BCUT2D eigenvalue weighted by Gasteiger charge is 2.35. The molecule has 0 N–H and O–H groups in total. The van der Waals surface area contributed by atoms with Crippen LogP contribution in [0.3, 0.4) is 0 Å². The second-order valence-electron chi connectivity index (χ2n) is 7.04. The van der Waals surface area contributed by atoms with Crippen LogP contribution in [0.4, 0.5) is 37.8 Å². The van der Waals surface area contributed by atoms with Gasteiger partial charge >= 0.3 is 12.4 Å². The number of rotatable bonds is 2. The zero-order valence-corrected chi connectivity index (χ0v) is 16.6. The third kappa shape index (κ3) is 4.34. The van der Waals surface area contributed by atoms with Gasteiger partial charge in [-0.3, -0.25) is 0 Å². The molecular formula is C20H15ClF6N4. The molecule has 0 bridgehead atoms. The van der Waals surface area contributed by atoms with Gasteiger partial charge in [-0.2, -0.15) is 26.3 Å². The Bertz CT molecular complexity index is 1110. The number of alkyl halides is 6. The summed E-state index contributed by atoms with van der Waals surface area (Å²) in [5.74, 6) is 0.213. The summed E-state index contributed by atoms with van der Waals surface area (Å²) in [6, 6.07) is 8.43. The number of piperazine rings is 1. The Morgan fingerprint density at radius 3 is 2.10 bits per heavy atom. The van der Waals surface area contributed by atoms with Crippen molar-refractivity contribution >= 4 is 34.0 Å². The summed E-state index contributed by atoms with van der Waals surface area (Å²) in [4.78, 5) is 11.1. The lowest BCUT2D eigenvalue weighted by atomic mass is 10.1. The fourth-order valence-corrected chi connectivity index (χ4v) is 3.83. The summed E-state index contributed by atoms with van der Waals surface area (Å²) in [5.41, 5.74) is -1.27. The molecule has 11 heteroatoms. The van der Waals surface area contributed by atoms with Crippen molar-refractivity contribution in [3.8, 4) is 0 Å². The monoisotopic (exact) mass is 460 g/mol. The van der Waals surface area contributed by atoms with Crippen LogP contribution >= 0.6 is 11.6 Å². The van der Waals surface area contributed by atoms with E-state index in [2.05, 4.69) is 9.97 Å². The molecule has 164 valence electrons. The number of benzene rings is 1. The van der Waals surface area contributed by atoms with Crippen molar-refractivity contribution in [2.45, 2.75) is 12.4 Å². The Balaban J connectivity index is 1.59. The molecule has 0 aliphatic carbocycles. The van der Waals surface area contributed by atoms with Gasteiger partial charge in [-0.25, -0.2) is 9.97 Å². The zero-order chi connectivity index (χ0) is 22.4. The Hall–Kier alpha value is -2.75. The molecule has 3 heterocycles. The van der Waals surface area contributed by atoms with Gasteiger partial charge in [0, 0.05) is 43.4 Å². The summed E-state index contributed by atoms with van der Waals surface area (Å²) in [6.07, 6.45) is -8.41. The lowest BCUT2D eigenvalue weighted by Crippen LogP contribution is -2.47. The van der Waals surface area contributed by atoms with Gasteiger partial charge in [-0.05, 0) is 18.2 Å². The number of anilines is 2. The molecule has 0 spiro atoms. The number of halogens is 7. The van der Waals surface area contributed by atoms with Gasteiger partial charge in [0.15, 0.2) is 0 Å². The molecule has 0 radical (unpaired) electrons. The van der Waals surface area contributed by atoms with Crippen molar-refractivity contribution in [2.75, 3.05) is 36.0 Å². The summed E-state index contributed by atoms with van der Waals surface area (Å²) in [5, 5.41) is 0.464. The van der Waals surface area contributed by atoms with Crippen LogP contribution in [0.2, 0.25) is 5.02 Å². The first kappa shape index (κ1) is 21.5. The quantitative estimate of drug-likeness (QED) is 0.463. The number of nitrogens with zero attached hydrogens (tertiary/aromatic N) is 4. The van der Waals surface area contributed by atoms with Crippen LogP contribution in [0, 0.1) is 0 Å². The van der Waals surface area contributed by atoms with Gasteiger partial charge in [0.1, 0.15) is 11.5 Å². The molecule has 1 aliphatic rings. The van der Waals surface area contributed by atoms with Crippen molar-refractivity contribution in [1.82, 2.24) is 9.97 Å². The minimum atomic E-state index is -4.59. The number of hydrogen-bond acceptors (Lipinski definition) is 4. The average Bonchev–Trinajstić information content (AvgIpc) is 2.72. The van der Waals surface area contributed by atoms with Crippen LogP contribution in [0.1, 0.15) is 11.3 Å². The Kier molecular flexibility index (Phi) is 5.36. The molecule has 1 saturated heterocycles. The Morgan fingerprint density at radius 1 is 0.839 bits per heavy atom.